The Hall–Kier alpha value is -2.58. The molecule has 0 aliphatic carbocycles. The summed E-state index contributed by atoms with van der Waals surface area (Å²) < 4.78 is 25.8. The van der Waals surface area contributed by atoms with Crippen molar-refractivity contribution in [2.24, 2.45) is 0 Å². The third-order valence-corrected chi connectivity index (χ3v) is 6.39. The normalized spacial score (nSPS) is 12.1. The molecule has 0 saturated heterocycles. The minimum absolute atomic E-state index is 0.100. The number of anilines is 1. The molecule has 0 aliphatic heterocycles. The maximum Gasteiger partial charge on any atom is 0.242 e. The minimum atomic E-state index is -3.50. The number of likely N-dealkylation sites (N-methyl/N-ethyl adjacent to an activating group) is 1. The zero-order valence-corrected chi connectivity index (χ0v) is 20.2. The van der Waals surface area contributed by atoms with Crippen LogP contribution in [0, 0.1) is 0 Å². The van der Waals surface area contributed by atoms with Crippen molar-refractivity contribution < 1.29 is 18.0 Å². The van der Waals surface area contributed by atoms with Gasteiger partial charge >= 0.3 is 0 Å². The highest BCUT2D eigenvalue weighted by molar-refractivity contribution is 7.92. The van der Waals surface area contributed by atoms with Crippen LogP contribution in [-0.2, 0) is 26.2 Å². The summed E-state index contributed by atoms with van der Waals surface area (Å²) in [5, 5.41) is 3.30. The van der Waals surface area contributed by atoms with E-state index >= 15 is 0 Å². The number of sulfonamides is 1. The Bertz CT molecular complexity index is 1010. The lowest BCUT2D eigenvalue weighted by Gasteiger charge is -2.29. The Morgan fingerprint density at radius 3 is 2.38 bits per heavy atom. The Morgan fingerprint density at radius 1 is 1.09 bits per heavy atom. The average Bonchev–Trinajstić information content (AvgIpc) is 2.74. The van der Waals surface area contributed by atoms with Crippen LogP contribution in [0.15, 0.2) is 54.6 Å². The second-order valence-corrected chi connectivity index (χ2v) is 9.84. The number of hydrogen-bond acceptors (Lipinski definition) is 4. The number of nitrogens with one attached hydrogen (secondary N) is 1. The van der Waals surface area contributed by atoms with Crippen LogP contribution >= 0.6 is 11.6 Å². The van der Waals surface area contributed by atoms with E-state index < -0.39 is 16.1 Å². The van der Waals surface area contributed by atoms with Crippen LogP contribution in [0.2, 0.25) is 5.02 Å². The first-order valence-electron chi connectivity index (χ1n) is 10.5. The average molecular weight is 480 g/mol. The van der Waals surface area contributed by atoms with Gasteiger partial charge in [-0.15, -0.1) is 0 Å². The van der Waals surface area contributed by atoms with Gasteiger partial charge in [-0.2, -0.15) is 0 Å². The molecular formula is C23H30ClN3O4S. The predicted molar refractivity (Wildman–Crippen MR) is 128 cm³/mol. The van der Waals surface area contributed by atoms with Gasteiger partial charge in [0.05, 0.1) is 11.9 Å². The summed E-state index contributed by atoms with van der Waals surface area (Å²) in [5.41, 5.74) is 1.36. The van der Waals surface area contributed by atoms with Crippen LogP contribution in [0.25, 0.3) is 0 Å². The molecule has 0 saturated carbocycles. The number of carbonyl (C=O) groups excluding carboxylic acids is 2. The van der Waals surface area contributed by atoms with E-state index in [-0.39, 0.29) is 31.3 Å². The van der Waals surface area contributed by atoms with Crippen molar-refractivity contribution in [2.45, 2.75) is 39.3 Å². The molecule has 2 rings (SSSR count). The number of nitrogens with zero attached hydrogens (tertiary/aromatic N) is 2. The maximum absolute atomic E-state index is 13.1. The number of halogens is 1. The van der Waals surface area contributed by atoms with E-state index in [9.17, 15) is 18.0 Å². The zero-order valence-electron chi connectivity index (χ0n) is 18.6. The van der Waals surface area contributed by atoms with Gasteiger partial charge in [-0.1, -0.05) is 41.9 Å². The molecule has 0 bridgehead atoms. The SMILES string of the molecule is CCNC(=O)[C@H](C)N(Cc1cccc(Cl)c1)C(=O)CCCN(c1ccccc1)S(C)(=O)=O. The van der Waals surface area contributed by atoms with Gasteiger partial charge in [0.2, 0.25) is 21.8 Å². The Morgan fingerprint density at radius 2 is 1.78 bits per heavy atom. The Balaban J connectivity index is 2.13. The van der Waals surface area contributed by atoms with E-state index in [2.05, 4.69) is 5.32 Å². The third-order valence-electron chi connectivity index (χ3n) is 4.96. The summed E-state index contributed by atoms with van der Waals surface area (Å²) >= 11 is 6.07. The molecule has 0 heterocycles. The van der Waals surface area contributed by atoms with Crippen molar-refractivity contribution >= 4 is 39.1 Å². The molecule has 2 amide bonds. The van der Waals surface area contributed by atoms with Crippen LogP contribution in [0.3, 0.4) is 0 Å². The van der Waals surface area contributed by atoms with Gasteiger partial charge < -0.3 is 10.2 Å². The number of amides is 2. The second kappa shape index (κ2) is 11.9. The quantitative estimate of drug-likeness (QED) is 0.534. The summed E-state index contributed by atoms with van der Waals surface area (Å²) in [6.45, 7) is 4.35. The van der Waals surface area contributed by atoms with Gasteiger partial charge in [0.1, 0.15) is 6.04 Å². The van der Waals surface area contributed by atoms with Gasteiger partial charge in [0.25, 0.3) is 0 Å². The van der Waals surface area contributed by atoms with Crippen molar-refractivity contribution in [2.75, 3.05) is 23.7 Å². The van der Waals surface area contributed by atoms with E-state index in [1.165, 1.54) is 9.21 Å². The van der Waals surface area contributed by atoms with Gasteiger partial charge in [0, 0.05) is 31.1 Å². The molecule has 0 unspecified atom stereocenters. The standard InChI is InChI=1S/C23H30ClN3O4S/c1-4-25-23(29)18(2)26(17-19-10-8-11-20(24)16-19)22(28)14-9-15-27(32(3,30)31)21-12-6-5-7-13-21/h5-8,10-13,16,18H,4,9,14-15,17H2,1-3H3,(H,25,29)/t18-/m0/s1. The van der Waals surface area contributed by atoms with Crippen LogP contribution in [0.1, 0.15) is 32.3 Å². The van der Waals surface area contributed by atoms with Gasteiger partial charge in [-0.05, 0) is 50.1 Å². The zero-order chi connectivity index (χ0) is 23.7. The molecular weight excluding hydrogens is 450 g/mol. The molecule has 2 aromatic carbocycles. The van der Waals surface area contributed by atoms with E-state index in [0.717, 1.165) is 11.8 Å². The monoisotopic (exact) mass is 479 g/mol. The topological polar surface area (TPSA) is 86.8 Å². The molecule has 7 nitrogen and oxygen atoms in total. The molecule has 0 radical (unpaired) electrons. The summed E-state index contributed by atoms with van der Waals surface area (Å²) in [6, 6.07) is 15.2. The van der Waals surface area contributed by atoms with Crippen LogP contribution < -0.4 is 9.62 Å². The van der Waals surface area contributed by atoms with Crippen LogP contribution in [-0.4, -0.2) is 50.5 Å². The van der Waals surface area contributed by atoms with Crippen molar-refractivity contribution in [3.63, 3.8) is 0 Å². The molecule has 9 heteroatoms. The number of benzene rings is 2. The predicted octanol–water partition coefficient (Wildman–Crippen LogP) is 3.44. The number of para-hydroxylation sites is 1. The fraction of sp³-hybridized carbons (Fsp3) is 0.391. The van der Waals surface area contributed by atoms with Crippen molar-refractivity contribution in [3.8, 4) is 0 Å². The van der Waals surface area contributed by atoms with E-state index in [4.69, 9.17) is 11.6 Å². The highest BCUT2D eigenvalue weighted by Gasteiger charge is 2.26. The molecule has 174 valence electrons. The first kappa shape index (κ1) is 25.7. The highest BCUT2D eigenvalue weighted by Crippen LogP contribution is 2.19. The largest absolute Gasteiger partial charge is 0.355 e. The van der Waals surface area contributed by atoms with Gasteiger partial charge in [0.15, 0.2) is 0 Å². The Kier molecular flexibility index (Phi) is 9.53. The van der Waals surface area contributed by atoms with Gasteiger partial charge in [-0.25, -0.2) is 8.42 Å². The molecule has 0 spiro atoms. The fourth-order valence-corrected chi connectivity index (χ4v) is 4.51. The number of carbonyl (C=O) groups is 2. The third kappa shape index (κ3) is 7.53. The minimum Gasteiger partial charge on any atom is -0.355 e. The smallest absolute Gasteiger partial charge is 0.242 e. The lowest BCUT2D eigenvalue weighted by atomic mass is 10.1. The summed E-state index contributed by atoms with van der Waals surface area (Å²) in [5.74, 6) is -0.477. The van der Waals surface area contributed by atoms with Crippen LogP contribution in [0.5, 0.6) is 0 Å². The first-order chi connectivity index (χ1) is 15.1. The highest BCUT2D eigenvalue weighted by atomic mass is 35.5. The lowest BCUT2D eigenvalue weighted by molar-refractivity contribution is -0.140. The Labute approximate surface area is 195 Å². The number of hydrogen-bond donors (Lipinski definition) is 1. The van der Waals surface area contributed by atoms with Crippen molar-refractivity contribution in [1.82, 2.24) is 10.2 Å². The molecule has 0 aromatic heterocycles. The van der Waals surface area contributed by atoms with E-state index in [1.807, 2.05) is 19.1 Å². The van der Waals surface area contributed by atoms with E-state index in [1.54, 1.807) is 49.4 Å². The molecule has 0 fully saturated rings. The summed E-state index contributed by atoms with van der Waals surface area (Å²) in [6.07, 6.45) is 1.56. The van der Waals surface area contributed by atoms with Crippen molar-refractivity contribution in [1.29, 1.82) is 0 Å². The van der Waals surface area contributed by atoms with E-state index in [0.29, 0.717) is 23.7 Å². The van der Waals surface area contributed by atoms with Crippen LogP contribution in [0.4, 0.5) is 5.69 Å². The lowest BCUT2D eigenvalue weighted by Crippen LogP contribution is -2.47. The number of rotatable bonds is 11. The molecule has 32 heavy (non-hydrogen) atoms. The summed E-state index contributed by atoms with van der Waals surface area (Å²) in [7, 11) is -3.50. The molecule has 1 N–H and O–H groups in total. The fourth-order valence-electron chi connectivity index (χ4n) is 3.33. The summed E-state index contributed by atoms with van der Waals surface area (Å²) in [4.78, 5) is 27.0. The van der Waals surface area contributed by atoms with Gasteiger partial charge in [-0.3, -0.25) is 13.9 Å². The maximum atomic E-state index is 13.1. The molecule has 0 aliphatic rings. The first-order valence-corrected chi connectivity index (χ1v) is 12.7. The second-order valence-electron chi connectivity index (χ2n) is 7.50. The molecule has 2 aromatic rings. The molecule has 1 atom stereocenters. The van der Waals surface area contributed by atoms with Crippen molar-refractivity contribution in [3.05, 3.63) is 65.2 Å².